The van der Waals surface area contributed by atoms with Gasteiger partial charge in [-0.3, -0.25) is 4.79 Å². The number of hydrogen-bond acceptors (Lipinski definition) is 6. The van der Waals surface area contributed by atoms with E-state index >= 15 is 0 Å². The first kappa shape index (κ1) is 21.8. The number of amides is 1. The average Bonchev–Trinajstić information content (AvgIpc) is 3.20. The van der Waals surface area contributed by atoms with E-state index < -0.39 is 11.9 Å². The van der Waals surface area contributed by atoms with Gasteiger partial charge in [-0.1, -0.05) is 66.2 Å². The van der Waals surface area contributed by atoms with Gasteiger partial charge in [0.15, 0.2) is 0 Å². The molecule has 5 aromatic rings. The fourth-order valence-corrected chi connectivity index (χ4v) is 4.76. The molecule has 34 heavy (non-hydrogen) atoms. The lowest BCUT2D eigenvalue weighted by Gasteiger charge is -2.04. The standard InChI is InChI=1S/C26H16ClN3O3S/c27-23-19-9-2-4-11-22(19)34-24(23)26(32)33-18-8-5-6-16(14-18)15-28-30-25(31)21-13-12-17-7-1-3-10-20(17)29-21/h1-15H,(H,30,31). The number of carbonyl (C=O) groups is 2. The normalized spacial score (nSPS) is 11.2. The van der Waals surface area contributed by atoms with Crippen LogP contribution in [0.3, 0.4) is 0 Å². The van der Waals surface area contributed by atoms with Gasteiger partial charge < -0.3 is 4.74 Å². The summed E-state index contributed by atoms with van der Waals surface area (Å²) in [6.07, 6.45) is 1.46. The Hall–Kier alpha value is -4.07. The van der Waals surface area contributed by atoms with Crippen LogP contribution in [0, 0.1) is 0 Å². The van der Waals surface area contributed by atoms with Crippen LogP contribution in [0.4, 0.5) is 0 Å². The number of ether oxygens (including phenoxy) is 1. The van der Waals surface area contributed by atoms with Crippen molar-refractivity contribution in [2.24, 2.45) is 5.10 Å². The highest BCUT2D eigenvalue weighted by Crippen LogP contribution is 2.35. The molecule has 0 aliphatic rings. The number of halogens is 1. The number of thiophene rings is 1. The molecule has 3 aromatic carbocycles. The number of nitrogens with zero attached hydrogens (tertiary/aromatic N) is 2. The molecule has 166 valence electrons. The third kappa shape index (κ3) is 4.52. The lowest BCUT2D eigenvalue weighted by molar-refractivity contribution is 0.0740. The second-order valence-corrected chi connectivity index (χ2v) is 8.72. The molecule has 1 amide bonds. The summed E-state index contributed by atoms with van der Waals surface area (Å²) in [4.78, 5) is 29.8. The highest BCUT2D eigenvalue weighted by Gasteiger charge is 2.19. The molecule has 0 aliphatic carbocycles. The molecule has 6 nitrogen and oxygen atoms in total. The van der Waals surface area contributed by atoms with E-state index in [4.69, 9.17) is 16.3 Å². The molecule has 0 aliphatic heterocycles. The zero-order chi connectivity index (χ0) is 23.5. The molecule has 0 atom stereocenters. The van der Waals surface area contributed by atoms with Gasteiger partial charge >= 0.3 is 5.97 Å². The van der Waals surface area contributed by atoms with Crippen molar-refractivity contribution in [3.63, 3.8) is 0 Å². The minimum Gasteiger partial charge on any atom is -0.422 e. The third-order valence-electron chi connectivity index (χ3n) is 5.00. The number of benzene rings is 3. The number of nitrogens with one attached hydrogen (secondary N) is 1. The largest absolute Gasteiger partial charge is 0.422 e. The molecule has 2 aromatic heterocycles. The van der Waals surface area contributed by atoms with Crippen molar-refractivity contribution >= 4 is 62.0 Å². The smallest absolute Gasteiger partial charge is 0.355 e. The van der Waals surface area contributed by atoms with Gasteiger partial charge in [0.1, 0.15) is 16.3 Å². The number of pyridine rings is 1. The Kier molecular flexibility index (Phi) is 6.03. The van der Waals surface area contributed by atoms with Crippen LogP contribution in [0.2, 0.25) is 5.02 Å². The van der Waals surface area contributed by atoms with Crippen molar-refractivity contribution in [3.05, 3.63) is 106 Å². The number of para-hydroxylation sites is 1. The highest BCUT2D eigenvalue weighted by atomic mass is 35.5. The summed E-state index contributed by atoms with van der Waals surface area (Å²) < 4.78 is 6.43. The lowest BCUT2D eigenvalue weighted by Crippen LogP contribution is -2.18. The number of carbonyl (C=O) groups excluding carboxylic acids is 2. The molecule has 0 saturated heterocycles. The minimum absolute atomic E-state index is 0.263. The van der Waals surface area contributed by atoms with E-state index in [2.05, 4.69) is 15.5 Å². The van der Waals surface area contributed by atoms with E-state index in [0.717, 1.165) is 21.0 Å². The molecule has 0 unspecified atom stereocenters. The topological polar surface area (TPSA) is 80.6 Å². The first-order valence-electron chi connectivity index (χ1n) is 10.3. The Labute approximate surface area is 203 Å². The predicted molar refractivity (Wildman–Crippen MR) is 135 cm³/mol. The molecular formula is C26H16ClN3O3S. The molecular weight excluding hydrogens is 470 g/mol. The van der Waals surface area contributed by atoms with Gasteiger partial charge in [-0.15, -0.1) is 11.3 Å². The molecule has 0 fully saturated rings. The van der Waals surface area contributed by atoms with E-state index in [9.17, 15) is 9.59 Å². The van der Waals surface area contributed by atoms with E-state index in [-0.39, 0.29) is 5.69 Å². The first-order valence-corrected chi connectivity index (χ1v) is 11.5. The second-order valence-electron chi connectivity index (χ2n) is 7.29. The van der Waals surface area contributed by atoms with E-state index in [1.165, 1.54) is 17.6 Å². The van der Waals surface area contributed by atoms with Gasteiger partial charge in [0.2, 0.25) is 0 Å². The summed E-state index contributed by atoms with van der Waals surface area (Å²) in [6, 6.07) is 25.4. The maximum Gasteiger partial charge on any atom is 0.355 e. The number of fused-ring (bicyclic) bond motifs is 2. The van der Waals surface area contributed by atoms with E-state index in [0.29, 0.717) is 21.2 Å². The fourth-order valence-electron chi connectivity index (χ4n) is 3.37. The Bertz CT molecular complexity index is 1580. The average molecular weight is 486 g/mol. The summed E-state index contributed by atoms with van der Waals surface area (Å²) in [7, 11) is 0. The van der Waals surface area contributed by atoms with Gasteiger partial charge in [0.25, 0.3) is 5.91 Å². The fraction of sp³-hybridized carbons (Fsp3) is 0. The van der Waals surface area contributed by atoms with Crippen molar-refractivity contribution in [2.75, 3.05) is 0 Å². The quantitative estimate of drug-likeness (QED) is 0.141. The summed E-state index contributed by atoms with van der Waals surface area (Å²) in [5.41, 5.74) is 4.10. The molecule has 5 rings (SSSR count). The molecule has 0 bridgehead atoms. The maximum absolute atomic E-state index is 12.7. The lowest BCUT2D eigenvalue weighted by atomic mass is 10.2. The number of hydrogen-bond donors (Lipinski definition) is 1. The molecule has 0 spiro atoms. The molecule has 0 saturated carbocycles. The monoisotopic (exact) mass is 485 g/mol. The zero-order valence-corrected chi connectivity index (χ0v) is 19.1. The molecule has 8 heteroatoms. The van der Waals surface area contributed by atoms with Crippen molar-refractivity contribution in [1.82, 2.24) is 10.4 Å². The van der Waals surface area contributed by atoms with Gasteiger partial charge in [-0.25, -0.2) is 15.2 Å². The van der Waals surface area contributed by atoms with Crippen LogP contribution in [0.1, 0.15) is 25.7 Å². The van der Waals surface area contributed by atoms with Crippen LogP contribution >= 0.6 is 22.9 Å². The van der Waals surface area contributed by atoms with Crippen LogP contribution < -0.4 is 10.2 Å². The minimum atomic E-state index is -0.532. The number of aromatic nitrogens is 1. The van der Waals surface area contributed by atoms with Crippen molar-refractivity contribution in [2.45, 2.75) is 0 Å². The first-order chi connectivity index (χ1) is 16.6. The van der Waals surface area contributed by atoms with Crippen LogP contribution in [0.5, 0.6) is 5.75 Å². The van der Waals surface area contributed by atoms with Gasteiger partial charge in [0.05, 0.1) is 16.8 Å². The van der Waals surface area contributed by atoms with E-state index in [1.807, 2.05) is 54.6 Å². The van der Waals surface area contributed by atoms with Gasteiger partial charge in [-0.2, -0.15) is 5.10 Å². The second kappa shape index (κ2) is 9.43. The van der Waals surface area contributed by atoms with Crippen LogP contribution in [0.25, 0.3) is 21.0 Å². The van der Waals surface area contributed by atoms with Crippen LogP contribution in [-0.2, 0) is 0 Å². The highest BCUT2D eigenvalue weighted by molar-refractivity contribution is 7.21. The van der Waals surface area contributed by atoms with E-state index in [1.54, 1.807) is 30.3 Å². The van der Waals surface area contributed by atoms with Crippen LogP contribution in [0.15, 0.2) is 90.0 Å². The number of esters is 1. The van der Waals surface area contributed by atoms with Crippen molar-refractivity contribution in [3.8, 4) is 5.75 Å². The summed E-state index contributed by atoms with van der Waals surface area (Å²) in [5.74, 6) is -0.620. The summed E-state index contributed by atoms with van der Waals surface area (Å²) >= 11 is 7.66. The number of rotatable bonds is 5. The SMILES string of the molecule is O=C(NN=Cc1cccc(OC(=O)c2sc3ccccc3c2Cl)c1)c1ccc2ccccc2n1. The van der Waals surface area contributed by atoms with Crippen molar-refractivity contribution < 1.29 is 14.3 Å². The van der Waals surface area contributed by atoms with Crippen molar-refractivity contribution in [1.29, 1.82) is 0 Å². The van der Waals surface area contributed by atoms with Gasteiger partial charge in [0, 0.05) is 15.5 Å². The predicted octanol–water partition coefficient (Wildman–Crippen LogP) is 6.09. The molecule has 1 N–H and O–H groups in total. The van der Waals surface area contributed by atoms with Crippen LogP contribution in [-0.4, -0.2) is 23.1 Å². The van der Waals surface area contributed by atoms with Gasteiger partial charge in [-0.05, 0) is 35.9 Å². The third-order valence-corrected chi connectivity index (χ3v) is 6.66. The maximum atomic E-state index is 12.7. The summed E-state index contributed by atoms with van der Waals surface area (Å²) in [5, 5.41) is 6.15. The zero-order valence-electron chi connectivity index (χ0n) is 17.6. The summed E-state index contributed by atoms with van der Waals surface area (Å²) in [6.45, 7) is 0. The Morgan fingerprint density at radius 1 is 0.971 bits per heavy atom. The Morgan fingerprint density at radius 2 is 1.79 bits per heavy atom. The Morgan fingerprint density at radius 3 is 2.68 bits per heavy atom. The molecule has 0 radical (unpaired) electrons. The molecule has 2 heterocycles. The number of hydrazone groups is 1. The Balaban J connectivity index is 1.26.